The molecule has 0 amide bonds. The SMILES string of the molecule is COC(O)CNCC(=O)O. The Bertz CT molecular complexity index is 106. The summed E-state index contributed by atoms with van der Waals surface area (Å²) in [5.74, 6) is -0.955. The zero-order chi connectivity index (χ0) is 7.98. The summed E-state index contributed by atoms with van der Waals surface area (Å²) in [6.45, 7) is -0.0385. The number of carboxylic acids is 1. The third kappa shape index (κ3) is 5.49. The van der Waals surface area contributed by atoms with Gasteiger partial charge < -0.3 is 20.3 Å². The summed E-state index contributed by atoms with van der Waals surface area (Å²) in [6, 6.07) is 0. The molecule has 0 aliphatic rings. The van der Waals surface area contributed by atoms with Crippen LogP contribution in [0.15, 0.2) is 0 Å². The summed E-state index contributed by atoms with van der Waals surface area (Å²) in [5.41, 5.74) is 0. The molecule has 0 aromatic carbocycles. The molecule has 1 atom stereocenters. The normalized spacial score (nSPS) is 13.0. The molecule has 60 valence electrons. The minimum atomic E-state index is -0.955. The number of aliphatic carboxylic acids is 1. The van der Waals surface area contributed by atoms with Gasteiger partial charge in [0.1, 0.15) is 0 Å². The summed E-state index contributed by atoms with van der Waals surface area (Å²) >= 11 is 0. The number of aliphatic hydroxyl groups excluding tert-OH is 1. The fraction of sp³-hybridized carbons (Fsp3) is 0.800. The van der Waals surface area contributed by atoms with E-state index in [0.29, 0.717) is 0 Å². The van der Waals surface area contributed by atoms with Gasteiger partial charge in [-0.1, -0.05) is 0 Å². The van der Waals surface area contributed by atoms with E-state index in [2.05, 4.69) is 10.1 Å². The van der Waals surface area contributed by atoms with Crippen LogP contribution in [-0.4, -0.2) is 42.7 Å². The molecule has 5 heteroatoms. The number of ether oxygens (including phenoxy) is 1. The van der Waals surface area contributed by atoms with Crippen LogP contribution in [0.1, 0.15) is 0 Å². The maximum Gasteiger partial charge on any atom is 0.317 e. The van der Waals surface area contributed by atoms with Crippen molar-refractivity contribution in [2.24, 2.45) is 0 Å². The van der Waals surface area contributed by atoms with E-state index in [1.165, 1.54) is 7.11 Å². The van der Waals surface area contributed by atoms with Gasteiger partial charge in [0.15, 0.2) is 6.29 Å². The number of hydrogen-bond acceptors (Lipinski definition) is 4. The molecule has 10 heavy (non-hydrogen) atoms. The molecule has 0 aliphatic heterocycles. The third-order valence-electron chi connectivity index (χ3n) is 0.867. The molecule has 0 saturated heterocycles. The van der Waals surface area contributed by atoms with Gasteiger partial charge in [0.2, 0.25) is 0 Å². The van der Waals surface area contributed by atoms with Crippen LogP contribution in [0, 0.1) is 0 Å². The Morgan fingerprint density at radius 3 is 2.80 bits per heavy atom. The topological polar surface area (TPSA) is 78.8 Å². The minimum Gasteiger partial charge on any atom is -0.480 e. The Balaban J connectivity index is 3.11. The summed E-state index contributed by atoms with van der Waals surface area (Å²) in [6.07, 6.45) is -0.931. The van der Waals surface area contributed by atoms with Crippen molar-refractivity contribution in [1.82, 2.24) is 5.32 Å². The summed E-state index contributed by atoms with van der Waals surface area (Å²) < 4.78 is 4.43. The van der Waals surface area contributed by atoms with Crippen LogP contribution in [0.4, 0.5) is 0 Å². The Labute approximate surface area is 58.6 Å². The lowest BCUT2D eigenvalue weighted by Crippen LogP contribution is -2.31. The largest absolute Gasteiger partial charge is 0.480 e. The second-order valence-corrected chi connectivity index (χ2v) is 1.71. The molecule has 0 fully saturated rings. The van der Waals surface area contributed by atoms with Gasteiger partial charge in [-0.05, 0) is 0 Å². The summed E-state index contributed by atoms with van der Waals surface area (Å²) in [4.78, 5) is 9.88. The van der Waals surface area contributed by atoms with Crippen LogP contribution in [0.3, 0.4) is 0 Å². The third-order valence-corrected chi connectivity index (χ3v) is 0.867. The first-order valence-corrected chi connectivity index (χ1v) is 2.80. The van der Waals surface area contributed by atoms with Crippen LogP contribution < -0.4 is 5.32 Å². The van der Waals surface area contributed by atoms with Crippen molar-refractivity contribution in [3.8, 4) is 0 Å². The minimum absolute atomic E-state index is 0.128. The van der Waals surface area contributed by atoms with Gasteiger partial charge in [0.25, 0.3) is 0 Å². The zero-order valence-corrected chi connectivity index (χ0v) is 5.70. The van der Waals surface area contributed by atoms with E-state index in [0.717, 1.165) is 0 Å². The monoisotopic (exact) mass is 149 g/mol. The Morgan fingerprint density at radius 2 is 2.40 bits per heavy atom. The molecule has 0 saturated carbocycles. The first-order chi connectivity index (χ1) is 4.66. The fourth-order valence-electron chi connectivity index (χ4n) is 0.386. The van der Waals surface area contributed by atoms with Crippen molar-refractivity contribution < 1.29 is 19.7 Å². The Hall–Kier alpha value is -0.650. The van der Waals surface area contributed by atoms with E-state index in [1.54, 1.807) is 0 Å². The van der Waals surface area contributed by atoms with Gasteiger partial charge in [-0.3, -0.25) is 4.79 Å². The molecule has 0 aliphatic carbocycles. The number of rotatable bonds is 5. The van der Waals surface area contributed by atoms with Crippen molar-refractivity contribution in [3.05, 3.63) is 0 Å². The van der Waals surface area contributed by atoms with E-state index in [-0.39, 0.29) is 13.1 Å². The lowest BCUT2D eigenvalue weighted by atomic mass is 10.5. The van der Waals surface area contributed by atoms with E-state index in [9.17, 15) is 4.79 Å². The van der Waals surface area contributed by atoms with Gasteiger partial charge >= 0.3 is 5.97 Å². The molecule has 0 radical (unpaired) electrons. The van der Waals surface area contributed by atoms with Gasteiger partial charge in [-0.2, -0.15) is 0 Å². The number of carboxylic acid groups (broad SMARTS) is 1. The van der Waals surface area contributed by atoms with Crippen LogP contribution in [0.25, 0.3) is 0 Å². The summed E-state index contributed by atoms with van der Waals surface area (Å²) in [7, 11) is 1.34. The van der Waals surface area contributed by atoms with Crippen LogP contribution in [0.5, 0.6) is 0 Å². The van der Waals surface area contributed by atoms with Crippen molar-refractivity contribution in [3.63, 3.8) is 0 Å². The molecule has 0 spiro atoms. The highest BCUT2D eigenvalue weighted by Gasteiger charge is 2.00. The van der Waals surface area contributed by atoms with E-state index in [1.807, 2.05) is 0 Å². The number of nitrogens with one attached hydrogen (secondary N) is 1. The number of hydrogen-bond donors (Lipinski definition) is 3. The van der Waals surface area contributed by atoms with E-state index >= 15 is 0 Å². The second-order valence-electron chi connectivity index (χ2n) is 1.71. The highest BCUT2D eigenvalue weighted by molar-refractivity contribution is 5.68. The first kappa shape index (κ1) is 9.35. The number of aliphatic hydroxyl groups is 1. The molecule has 5 nitrogen and oxygen atoms in total. The predicted molar refractivity (Wildman–Crippen MR) is 33.5 cm³/mol. The number of carbonyl (C=O) groups is 1. The lowest BCUT2D eigenvalue weighted by molar-refractivity contribution is -0.136. The molecular formula is C5H11NO4. The quantitative estimate of drug-likeness (QED) is 0.420. The molecule has 0 heterocycles. The molecule has 0 aromatic rings. The standard InChI is InChI=1S/C5H11NO4/c1-10-5(9)3-6-2-4(7)8/h5-6,9H,2-3H2,1H3,(H,7,8). The highest BCUT2D eigenvalue weighted by Crippen LogP contribution is 1.77. The van der Waals surface area contributed by atoms with Crippen molar-refractivity contribution in [2.45, 2.75) is 6.29 Å². The lowest BCUT2D eigenvalue weighted by Gasteiger charge is -2.07. The molecule has 3 N–H and O–H groups in total. The van der Waals surface area contributed by atoms with E-state index in [4.69, 9.17) is 10.2 Å². The highest BCUT2D eigenvalue weighted by atomic mass is 16.6. The number of methoxy groups -OCH3 is 1. The second kappa shape index (κ2) is 5.16. The van der Waals surface area contributed by atoms with Gasteiger partial charge in [0, 0.05) is 13.7 Å². The molecule has 0 rings (SSSR count). The van der Waals surface area contributed by atoms with Crippen molar-refractivity contribution >= 4 is 5.97 Å². The first-order valence-electron chi connectivity index (χ1n) is 2.80. The average Bonchev–Trinajstić information content (AvgIpc) is 1.87. The van der Waals surface area contributed by atoms with Gasteiger partial charge in [-0.25, -0.2) is 0 Å². The van der Waals surface area contributed by atoms with Crippen molar-refractivity contribution in [2.75, 3.05) is 20.2 Å². The Morgan fingerprint density at radius 1 is 1.80 bits per heavy atom. The zero-order valence-electron chi connectivity index (χ0n) is 5.70. The van der Waals surface area contributed by atoms with Gasteiger partial charge in [-0.15, -0.1) is 0 Å². The van der Waals surface area contributed by atoms with Crippen LogP contribution in [-0.2, 0) is 9.53 Å². The van der Waals surface area contributed by atoms with Crippen LogP contribution in [0.2, 0.25) is 0 Å². The summed E-state index contributed by atoms with van der Waals surface area (Å²) in [5, 5.41) is 19.3. The smallest absolute Gasteiger partial charge is 0.317 e. The van der Waals surface area contributed by atoms with E-state index < -0.39 is 12.3 Å². The molecule has 0 aromatic heterocycles. The Kier molecular flexibility index (Phi) is 4.82. The predicted octanol–water partition coefficient (Wildman–Crippen LogP) is -1.37. The maximum atomic E-state index is 9.88. The van der Waals surface area contributed by atoms with Gasteiger partial charge in [0.05, 0.1) is 6.54 Å². The molecule has 0 bridgehead atoms. The fourth-order valence-corrected chi connectivity index (χ4v) is 0.386. The average molecular weight is 149 g/mol. The molecular weight excluding hydrogens is 138 g/mol. The maximum absolute atomic E-state index is 9.88. The van der Waals surface area contributed by atoms with Crippen molar-refractivity contribution in [1.29, 1.82) is 0 Å². The molecule has 1 unspecified atom stereocenters. The van der Waals surface area contributed by atoms with Crippen LogP contribution >= 0.6 is 0 Å².